The number of carbonyl (C=O) groups is 1. The molecule has 2 atom stereocenters. The van der Waals surface area contributed by atoms with Crippen LogP contribution in [-0.4, -0.2) is 47.9 Å². The topological polar surface area (TPSA) is 88.7 Å². The van der Waals surface area contributed by atoms with E-state index in [4.69, 9.17) is 15.6 Å². The molecule has 0 aromatic carbocycles. The molecule has 18 heavy (non-hydrogen) atoms. The van der Waals surface area contributed by atoms with Gasteiger partial charge in [0.1, 0.15) is 5.82 Å². The van der Waals surface area contributed by atoms with Crippen molar-refractivity contribution in [2.45, 2.75) is 19.1 Å². The first-order valence-corrected chi connectivity index (χ1v) is 5.87. The van der Waals surface area contributed by atoms with Crippen LogP contribution in [0, 0.1) is 0 Å². The van der Waals surface area contributed by atoms with Crippen LogP contribution in [0.15, 0.2) is 18.3 Å². The fourth-order valence-corrected chi connectivity index (χ4v) is 2.05. The highest BCUT2D eigenvalue weighted by Gasteiger charge is 2.25. The minimum absolute atomic E-state index is 0.0137. The molecule has 2 heterocycles. The molecule has 6 heteroatoms. The van der Waals surface area contributed by atoms with Gasteiger partial charge in [-0.15, -0.1) is 0 Å². The molecule has 0 aliphatic carbocycles. The maximum Gasteiger partial charge on any atom is 0.250 e. The third-order valence-corrected chi connectivity index (χ3v) is 2.89. The van der Waals surface area contributed by atoms with Crippen molar-refractivity contribution < 1.29 is 14.6 Å². The van der Waals surface area contributed by atoms with Crippen LogP contribution >= 0.6 is 0 Å². The van der Waals surface area contributed by atoms with Crippen molar-refractivity contribution in [3.63, 3.8) is 0 Å². The van der Waals surface area contributed by atoms with Crippen molar-refractivity contribution in [3.8, 4) is 0 Å². The van der Waals surface area contributed by atoms with Crippen molar-refractivity contribution >= 4 is 11.7 Å². The van der Waals surface area contributed by atoms with Gasteiger partial charge >= 0.3 is 0 Å². The minimum atomic E-state index is -0.488. The van der Waals surface area contributed by atoms with Crippen molar-refractivity contribution in [3.05, 3.63) is 23.9 Å². The van der Waals surface area contributed by atoms with Crippen LogP contribution in [0.5, 0.6) is 0 Å². The molecule has 1 aromatic heterocycles. The van der Waals surface area contributed by atoms with E-state index in [9.17, 15) is 4.79 Å². The molecule has 98 valence electrons. The number of anilines is 1. The fourth-order valence-electron chi connectivity index (χ4n) is 2.05. The zero-order valence-corrected chi connectivity index (χ0v) is 10.2. The van der Waals surface area contributed by atoms with Crippen LogP contribution in [-0.2, 0) is 4.74 Å². The molecule has 6 nitrogen and oxygen atoms in total. The highest BCUT2D eigenvalue weighted by atomic mass is 16.5. The quantitative estimate of drug-likeness (QED) is 0.774. The molecule has 1 aliphatic heterocycles. The first-order chi connectivity index (χ1) is 8.60. The van der Waals surface area contributed by atoms with Crippen LogP contribution in [0.4, 0.5) is 5.82 Å². The molecule has 0 saturated carbocycles. The van der Waals surface area contributed by atoms with Gasteiger partial charge in [0.15, 0.2) is 0 Å². The Kier molecular flexibility index (Phi) is 3.78. The number of aliphatic hydroxyl groups excluding tert-OH is 1. The molecule has 0 bridgehead atoms. The summed E-state index contributed by atoms with van der Waals surface area (Å²) in [4.78, 5) is 17.2. The highest BCUT2D eigenvalue weighted by Crippen LogP contribution is 2.18. The van der Waals surface area contributed by atoms with E-state index in [2.05, 4.69) is 4.98 Å². The molecule has 0 spiro atoms. The van der Waals surface area contributed by atoms with Gasteiger partial charge in [0.2, 0.25) is 5.91 Å². The summed E-state index contributed by atoms with van der Waals surface area (Å²) in [6.45, 7) is 3.23. The van der Waals surface area contributed by atoms with Gasteiger partial charge < -0.3 is 20.5 Å². The minimum Gasteiger partial charge on any atom is -0.394 e. The molecule has 1 amide bonds. The largest absolute Gasteiger partial charge is 0.394 e. The normalized spacial score (nSPS) is 24.0. The first-order valence-electron chi connectivity index (χ1n) is 5.87. The Morgan fingerprint density at radius 3 is 2.94 bits per heavy atom. The monoisotopic (exact) mass is 251 g/mol. The Balaban J connectivity index is 2.12. The van der Waals surface area contributed by atoms with Crippen LogP contribution in [0.25, 0.3) is 0 Å². The standard InChI is InChI=1S/C12H17N3O3/c1-8-5-15(6-10(7-16)18-8)11-3-2-9(4-14-11)12(13)17/h2-4,8,10,16H,5-7H2,1H3,(H2,13,17). The maximum atomic E-state index is 11.0. The van der Waals surface area contributed by atoms with E-state index in [1.54, 1.807) is 12.1 Å². The van der Waals surface area contributed by atoms with Gasteiger partial charge in [-0.05, 0) is 19.1 Å². The second-order valence-corrected chi connectivity index (χ2v) is 4.43. The lowest BCUT2D eigenvalue weighted by molar-refractivity contribution is -0.0423. The van der Waals surface area contributed by atoms with Gasteiger partial charge in [0.25, 0.3) is 0 Å². The number of nitrogens with zero attached hydrogens (tertiary/aromatic N) is 2. The predicted octanol–water partition coefficient (Wildman–Crippen LogP) is -0.234. The van der Waals surface area contributed by atoms with Gasteiger partial charge in [-0.1, -0.05) is 0 Å². The van der Waals surface area contributed by atoms with Crippen molar-refractivity contribution in [2.75, 3.05) is 24.6 Å². The number of carbonyl (C=O) groups excluding carboxylic acids is 1. The number of primary amides is 1. The SMILES string of the molecule is CC1CN(c2ccc(C(N)=O)cn2)CC(CO)O1. The van der Waals surface area contributed by atoms with Crippen LogP contribution in [0.1, 0.15) is 17.3 Å². The number of hydrogen-bond donors (Lipinski definition) is 2. The summed E-state index contributed by atoms with van der Waals surface area (Å²) in [6.07, 6.45) is 1.30. The second kappa shape index (κ2) is 5.32. The number of amides is 1. The Labute approximate surface area is 105 Å². The Morgan fingerprint density at radius 2 is 2.39 bits per heavy atom. The van der Waals surface area contributed by atoms with Gasteiger partial charge in [0.05, 0.1) is 24.4 Å². The van der Waals surface area contributed by atoms with E-state index in [-0.39, 0.29) is 18.8 Å². The fraction of sp³-hybridized carbons (Fsp3) is 0.500. The molecule has 2 unspecified atom stereocenters. The number of ether oxygens (including phenoxy) is 1. The summed E-state index contributed by atoms with van der Waals surface area (Å²) in [5, 5.41) is 9.16. The molecule has 0 radical (unpaired) electrons. The number of nitrogens with two attached hydrogens (primary N) is 1. The lowest BCUT2D eigenvalue weighted by Crippen LogP contribution is -2.48. The molecule has 2 rings (SSSR count). The van der Waals surface area contributed by atoms with E-state index < -0.39 is 5.91 Å². The number of hydrogen-bond acceptors (Lipinski definition) is 5. The summed E-state index contributed by atoms with van der Waals surface area (Å²) in [6, 6.07) is 3.41. The number of rotatable bonds is 3. The zero-order valence-electron chi connectivity index (χ0n) is 10.2. The van der Waals surface area contributed by atoms with E-state index in [1.807, 2.05) is 11.8 Å². The number of aromatic nitrogens is 1. The van der Waals surface area contributed by atoms with Crippen LogP contribution in [0.2, 0.25) is 0 Å². The van der Waals surface area contributed by atoms with Gasteiger partial charge in [0, 0.05) is 19.3 Å². The molecule has 1 fully saturated rings. The number of aliphatic hydroxyl groups is 1. The van der Waals surface area contributed by atoms with Crippen molar-refractivity contribution in [2.24, 2.45) is 5.73 Å². The Hall–Kier alpha value is -1.66. The van der Waals surface area contributed by atoms with Gasteiger partial charge in [-0.2, -0.15) is 0 Å². The maximum absolute atomic E-state index is 11.0. The highest BCUT2D eigenvalue weighted by molar-refractivity contribution is 5.92. The van der Waals surface area contributed by atoms with Gasteiger partial charge in [-0.3, -0.25) is 4.79 Å². The first kappa shape index (κ1) is 12.8. The average Bonchev–Trinajstić information content (AvgIpc) is 2.38. The molecule has 1 saturated heterocycles. The summed E-state index contributed by atoms with van der Waals surface area (Å²) < 4.78 is 5.56. The zero-order chi connectivity index (χ0) is 13.1. The summed E-state index contributed by atoms with van der Waals surface area (Å²) >= 11 is 0. The second-order valence-electron chi connectivity index (χ2n) is 4.43. The Bertz CT molecular complexity index is 421. The summed E-state index contributed by atoms with van der Waals surface area (Å²) in [7, 11) is 0. The van der Waals surface area contributed by atoms with Crippen LogP contribution in [0.3, 0.4) is 0 Å². The molecule has 3 N–H and O–H groups in total. The lowest BCUT2D eigenvalue weighted by Gasteiger charge is -2.36. The van der Waals surface area contributed by atoms with Crippen molar-refractivity contribution in [1.82, 2.24) is 4.98 Å². The lowest BCUT2D eigenvalue weighted by atomic mass is 10.2. The molecular formula is C12H17N3O3. The van der Waals surface area contributed by atoms with Gasteiger partial charge in [-0.25, -0.2) is 4.98 Å². The predicted molar refractivity (Wildman–Crippen MR) is 66.4 cm³/mol. The number of morpholine rings is 1. The third-order valence-electron chi connectivity index (χ3n) is 2.89. The average molecular weight is 251 g/mol. The van der Waals surface area contributed by atoms with E-state index in [1.165, 1.54) is 6.20 Å². The van der Waals surface area contributed by atoms with Crippen molar-refractivity contribution in [1.29, 1.82) is 0 Å². The summed E-state index contributed by atoms with van der Waals surface area (Å²) in [5.74, 6) is 0.270. The molecule has 1 aromatic rings. The molecular weight excluding hydrogens is 234 g/mol. The van der Waals surface area contributed by atoms with E-state index in [0.717, 1.165) is 5.82 Å². The molecule has 1 aliphatic rings. The Morgan fingerprint density at radius 1 is 1.61 bits per heavy atom. The van der Waals surface area contributed by atoms with E-state index >= 15 is 0 Å². The smallest absolute Gasteiger partial charge is 0.250 e. The third kappa shape index (κ3) is 2.77. The van der Waals surface area contributed by atoms with Crippen LogP contribution < -0.4 is 10.6 Å². The number of pyridine rings is 1. The van der Waals surface area contributed by atoms with E-state index in [0.29, 0.717) is 18.7 Å². The summed E-state index contributed by atoms with van der Waals surface area (Å²) in [5.41, 5.74) is 5.55.